The Balaban J connectivity index is 1.38. The molecule has 1 N–H and O–H groups in total. The smallest absolute Gasteiger partial charge is 0.181 e. The number of benzene rings is 2. The minimum atomic E-state index is 0.598. The van der Waals surface area contributed by atoms with E-state index in [1.165, 1.54) is 5.56 Å². The number of pyridine rings is 1. The molecule has 5 rings (SSSR count). The summed E-state index contributed by atoms with van der Waals surface area (Å²) in [6, 6.07) is 22.6. The predicted octanol–water partition coefficient (Wildman–Crippen LogP) is 4.50. The van der Waals surface area contributed by atoms with Gasteiger partial charge < -0.3 is 0 Å². The van der Waals surface area contributed by atoms with Crippen molar-refractivity contribution in [3.05, 3.63) is 95.7 Å². The van der Waals surface area contributed by atoms with Crippen LogP contribution in [0.2, 0.25) is 0 Å². The number of aryl methyl sites for hydroxylation is 1. The molecule has 34 heavy (non-hydrogen) atoms. The third kappa shape index (κ3) is 4.91. The minimum Gasteiger partial charge on any atom is -0.255 e. The summed E-state index contributed by atoms with van der Waals surface area (Å²) in [5.41, 5.74) is 5.09. The van der Waals surface area contributed by atoms with Crippen LogP contribution in [0.5, 0.6) is 0 Å². The van der Waals surface area contributed by atoms with Crippen molar-refractivity contribution in [3.8, 4) is 22.6 Å². The zero-order chi connectivity index (χ0) is 23.2. The van der Waals surface area contributed by atoms with E-state index in [0.29, 0.717) is 12.4 Å². The highest BCUT2D eigenvalue weighted by Crippen LogP contribution is 2.27. The highest BCUT2D eigenvalue weighted by Gasteiger charge is 2.13. The monoisotopic (exact) mass is 450 g/mol. The minimum absolute atomic E-state index is 0.598. The molecule has 0 aliphatic rings. The fourth-order valence-corrected chi connectivity index (χ4v) is 3.97. The molecule has 8 nitrogen and oxygen atoms in total. The van der Waals surface area contributed by atoms with Crippen LogP contribution in [0.3, 0.4) is 0 Å². The zero-order valence-electron chi connectivity index (χ0n) is 19.1. The van der Waals surface area contributed by atoms with E-state index in [-0.39, 0.29) is 0 Å². The number of aromatic amines is 1. The first-order valence-corrected chi connectivity index (χ1v) is 11.5. The molecule has 0 saturated carbocycles. The second kappa shape index (κ2) is 10.2. The Hall–Kier alpha value is -4.20. The van der Waals surface area contributed by atoms with E-state index in [1.54, 1.807) is 6.20 Å². The third-order valence-electron chi connectivity index (χ3n) is 5.72. The molecule has 2 aromatic carbocycles. The Bertz CT molecular complexity index is 1330. The van der Waals surface area contributed by atoms with Crippen LogP contribution in [0.4, 0.5) is 0 Å². The largest absolute Gasteiger partial charge is 0.255 e. The van der Waals surface area contributed by atoms with Crippen LogP contribution in [0, 0.1) is 0 Å². The molecule has 0 fully saturated rings. The summed E-state index contributed by atoms with van der Waals surface area (Å²) in [7, 11) is 0. The van der Waals surface area contributed by atoms with Crippen LogP contribution in [0.25, 0.3) is 22.6 Å². The van der Waals surface area contributed by atoms with Crippen molar-refractivity contribution in [1.29, 1.82) is 0 Å². The van der Waals surface area contributed by atoms with Crippen molar-refractivity contribution >= 4 is 0 Å². The van der Waals surface area contributed by atoms with Gasteiger partial charge in [-0.3, -0.25) is 4.98 Å². The van der Waals surface area contributed by atoms with Gasteiger partial charge in [-0.1, -0.05) is 67.9 Å². The summed E-state index contributed by atoms with van der Waals surface area (Å²) in [6.45, 7) is 2.88. The predicted molar refractivity (Wildman–Crippen MR) is 130 cm³/mol. The highest BCUT2D eigenvalue weighted by atomic mass is 15.5. The summed E-state index contributed by atoms with van der Waals surface area (Å²) in [5, 5.41) is 19.1. The lowest BCUT2D eigenvalue weighted by atomic mass is 10.0. The first kappa shape index (κ1) is 21.6. The number of nitrogens with zero attached hydrogens (tertiary/aromatic N) is 7. The molecule has 0 saturated heterocycles. The molecule has 0 radical (unpaired) electrons. The summed E-state index contributed by atoms with van der Waals surface area (Å²) >= 11 is 0. The number of aromatic nitrogens is 8. The van der Waals surface area contributed by atoms with Crippen LogP contribution in [-0.2, 0) is 19.4 Å². The van der Waals surface area contributed by atoms with Gasteiger partial charge in [-0.25, -0.2) is 14.8 Å². The number of unbranched alkanes of at least 4 members (excludes halogenated alkanes) is 1. The van der Waals surface area contributed by atoms with Gasteiger partial charge in [-0.2, -0.15) is 5.10 Å². The Morgan fingerprint density at radius 2 is 1.76 bits per heavy atom. The average molecular weight is 451 g/mol. The topological polar surface area (TPSA) is 98.1 Å². The van der Waals surface area contributed by atoms with E-state index in [9.17, 15) is 0 Å². The van der Waals surface area contributed by atoms with Crippen LogP contribution >= 0.6 is 0 Å². The van der Waals surface area contributed by atoms with Crippen LogP contribution in [-0.4, -0.2) is 40.4 Å². The van der Waals surface area contributed by atoms with Gasteiger partial charge in [0, 0.05) is 30.2 Å². The number of tetrazole rings is 1. The van der Waals surface area contributed by atoms with E-state index in [2.05, 4.69) is 85.7 Å². The van der Waals surface area contributed by atoms with Gasteiger partial charge in [0.15, 0.2) is 11.6 Å². The van der Waals surface area contributed by atoms with Gasteiger partial charge in [0.1, 0.15) is 5.82 Å². The number of rotatable bonds is 9. The average Bonchev–Trinajstić information content (AvgIpc) is 3.54. The Morgan fingerprint density at radius 3 is 2.53 bits per heavy atom. The fraction of sp³-hybridized carbons (Fsp3) is 0.231. The maximum atomic E-state index is 4.86. The Morgan fingerprint density at radius 1 is 0.912 bits per heavy atom. The van der Waals surface area contributed by atoms with E-state index in [4.69, 9.17) is 10.1 Å². The second-order valence-electron chi connectivity index (χ2n) is 8.21. The van der Waals surface area contributed by atoms with Gasteiger partial charge >= 0.3 is 0 Å². The van der Waals surface area contributed by atoms with E-state index in [0.717, 1.165) is 59.7 Å². The molecule has 3 aromatic heterocycles. The summed E-state index contributed by atoms with van der Waals surface area (Å²) in [6.07, 6.45) is 5.67. The van der Waals surface area contributed by atoms with Crippen molar-refractivity contribution in [2.24, 2.45) is 0 Å². The lowest BCUT2D eigenvalue weighted by molar-refractivity contribution is 0.615. The molecule has 8 heteroatoms. The SMILES string of the molecule is CCCCc1nc(Cc2ccccc2)nn1Cc1ccc(-c2ncccc2-c2nnn[nH]2)cc1. The molecule has 0 aliphatic heterocycles. The Labute approximate surface area is 198 Å². The van der Waals surface area contributed by atoms with Gasteiger partial charge in [-0.15, -0.1) is 5.10 Å². The molecule has 0 bridgehead atoms. The van der Waals surface area contributed by atoms with Crippen molar-refractivity contribution in [3.63, 3.8) is 0 Å². The van der Waals surface area contributed by atoms with E-state index >= 15 is 0 Å². The number of H-pyrrole nitrogens is 1. The first-order valence-electron chi connectivity index (χ1n) is 11.5. The molecule has 0 atom stereocenters. The molecule has 0 amide bonds. The lowest BCUT2D eigenvalue weighted by Crippen LogP contribution is -2.07. The van der Waals surface area contributed by atoms with Crippen LogP contribution in [0.1, 0.15) is 42.5 Å². The third-order valence-corrected chi connectivity index (χ3v) is 5.72. The number of hydrogen-bond donors (Lipinski definition) is 1. The molecule has 0 spiro atoms. The number of hydrogen-bond acceptors (Lipinski definition) is 6. The maximum absolute atomic E-state index is 4.86. The lowest BCUT2D eigenvalue weighted by Gasteiger charge is -2.09. The highest BCUT2D eigenvalue weighted by molar-refractivity contribution is 5.76. The molecule has 0 unspecified atom stereocenters. The van der Waals surface area contributed by atoms with Crippen molar-refractivity contribution in [1.82, 2.24) is 40.4 Å². The molecule has 3 heterocycles. The summed E-state index contributed by atoms with van der Waals surface area (Å²) < 4.78 is 2.05. The molecular formula is C26H26N8. The van der Waals surface area contributed by atoms with Gasteiger partial charge in [0.05, 0.1) is 12.2 Å². The Kier molecular flexibility index (Phi) is 6.47. The van der Waals surface area contributed by atoms with Crippen molar-refractivity contribution in [2.75, 3.05) is 0 Å². The van der Waals surface area contributed by atoms with E-state index in [1.807, 2.05) is 18.2 Å². The maximum Gasteiger partial charge on any atom is 0.181 e. The number of nitrogens with one attached hydrogen (secondary N) is 1. The van der Waals surface area contributed by atoms with Gasteiger partial charge in [-0.05, 0) is 40.1 Å². The standard InChI is InChI=1S/C26H26N8/c1-2-3-11-24-28-23(17-19-8-5-4-6-9-19)31-34(24)18-20-12-14-21(15-13-20)25-22(10-7-16-27-25)26-29-32-33-30-26/h4-10,12-16H,2-3,11,17-18H2,1H3,(H,29,30,32,33). The zero-order valence-corrected chi connectivity index (χ0v) is 19.1. The molecule has 0 aliphatic carbocycles. The summed E-state index contributed by atoms with van der Waals surface area (Å²) in [5.74, 6) is 2.51. The molecule has 170 valence electrons. The second-order valence-corrected chi connectivity index (χ2v) is 8.21. The molecule has 5 aromatic rings. The summed E-state index contributed by atoms with van der Waals surface area (Å²) in [4.78, 5) is 9.43. The van der Waals surface area contributed by atoms with Crippen LogP contribution in [0.15, 0.2) is 72.9 Å². The first-order chi connectivity index (χ1) is 16.8. The van der Waals surface area contributed by atoms with Crippen LogP contribution < -0.4 is 0 Å². The van der Waals surface area contributed by atoms with E-state index < -0.39 is 0 Å². The fourth-order valence-electron chi connectivity index (χ4n) is 3.97. The molecular weight excluding hydrogens is 424 g/mol. The normalized spacial score (nSPS) is 11.1. The van der Waals surface area contributed by atoms with Crippen molar-refractivity contribution in [2.45, 2.75) is 39.2 Å². The quantitative estimate of drug-likeness (QED) is 0.355. The van der Waals surface area contributed by atoms with Gasteiger partial charge in [0.2, 0.25) is 0 Å². The van der Waals surface area contributed by atoms with Gasteiger partial charge in [0.25, 0.3) is 0 Å². The van der Waals surface area contributed by atoms with Crippen molar-refractivity contribution < 1.29 is 0 Å².